The molecule has 122 valence electrons. The molecule has 1 heteroatoms. The molecule has 0 spiro atoms. The Morgan fingerprint density at radius 1 is 0.810 bits per heavy atom. The number of unbranched alkanes of at least 4 members (excludes halogenated alkanes) is 8. The third-order valence-electron chi connectivity index (χ3n) is 4.78. The molecule has 0 radical (unpaired) electrons. The first kappa shape index (κ1) is 18.7. The molecule has 0 aliphatic heterocycles. The summed E-state index contributed by atoms with van der Waals surface area (Å²) in [5.74, 6) is 0. The topological polar surface area (TPSA) is 0 Å². The Kier molecular flexibility index (Phi) is 10.1. The van der Waals surface area contributed by atoms with E-state index >= 15 is 0 Å². The summed E-state index contributed by atoms with van der Waals surface area (Å²) in [5, 5.41) is 2.25. The third kappa shape index (κ3) is 7.49. The van der Waals surface area contributed by atoms with Crippen LogP contribution in [-0.4, -0.2) is 0 Å². The number of rotatable bonds is 13. The Morgan fingerprint density at radius 2 is 1.33 bits per heavy atom. The standard InChI is InChI=1S/C20H36S/c1-4-6-8-10-11-13-17-20(3,16-12-9-7-5-2)19-15-14-18-21-19/h14-15,18H,4-13,16-17H2,1-3H3. The Bertz CT molecular complexity index is 328. The summed E-state index contributed by atoms with van der Waals surface area (Å²) in [7, 11) is 0. The summed E-state index contributed by atoms with van der Waals surface area (Å²) >= 11 is 1.97. The van der Waals surface area contributed by atoms with Gasteiger partial charge in [0.2, 0.25) is 0 Å². The highest BCUT2D eigenvalue weighted by Gasteiger charge is 2.26. The lowest BCUT2D eigenvalue weighted by Gasteiger charge is -2.29. The Labute approximate surface area is 137 Å². The van der Waals surface area contributed by atoms with Gasteiger partial charge in [0.1, 0.15) is 0 Å². The van der Waals surface area contributed by atoms with Gasteiger partial charge in [0, 0.05) is 10.3 Å². The lowest BCUT2D eigenvalue weighted by Crippen LogP contribution is -2.20. The van der Waals surface area contributed by atoms with Crippen LogP contribution in [0.2, 0.25) is 0 Å². The van der Waals surface area contributed by atoms with Crippen molar-refractivity contribution < 1.29 is 0 Å². The van der Waals surface area contributed by atoms with Gasteiger partial charge >= 0.3 is 0 Å². The molecule has 0 fully saturated rings. The predicted octanol–water partition coefficient (Wildman–Crippen LogP) is 7.73. The maximum atomic E-state index is 2.51. The third-order valence-corrected chi connectivity index (χ3v) is 5.96. The molecule has 1 rings (SSSR count). The van der Waals surface area contributed by atoms with E-state index in [9.17, 15) is 0 Å². The highest BCUT2D eigenvalue weighted by atomic mass is 32.1. The van der Waals surface area contributed by atoms with Crippen LogP contribution in [-0.2, 0) is 5.41 Å². The Balaban J connectivity index is 2.37. The lowest BCUT2D eigenvalue weighted by molar-refractivity contribution is 0.369. The molecule has 1 atom stereocenters. The van der Waals surface area contributed by atoms with Gasteiger partial charge in [0.25, 0.3) is 0 Å². The second-order valence-corrected chi connectivity index (χ2v) is 7.81. The molecule has 0 amide bonds. The highest BCUT2D eigenvalue weighted by molar-refractivity contribution is 7.10. The van der Waals surface area contributed by atoms with Crippen LogP contribution in [0, 0.1) is 0 Å². The van der Waals surface area contributed by atoms with Gasteiger partial charge in [-0.2, -0.15) is 0 Å². The maximum Gasteiger partial charge on any atom is 0.0104 e. The molecule has 0 aliphatic rings. The second kappa shape index (κ2) is 11.3. The van der Waals surface area contributed by atoms with Gasteiger partial charge in [-0.1, -0.05) is 91.0 Å². The summed E-state index contributed by atoms with van der Waals surface area (Å²) < 4.78 is 0. The molecule has 0 saturated carbocycles. The van der Waals surface area contributed by atoms with Gasteiger partial charge in [0.15, 0.2) is 0 Å². The maximum absolute atomic E-state index is 2.51. The SMILES string of the molecule is CCCCCCCCC(C)(CCCCCC)c1cccs1. The summed E-state index contributed by atoms with van der Waals surface area (Å²) in [5.41, 5.74) is 0.437. The molecule has 1 heterocycles. The van der Waals surface area contributed by atoms with Gasteiger partial charge < -0.3 is 0 Å². The molecule has 21 heavy (non-hydrogen) atoms. The molecule has 1 unspecified atom stereocenters. The van der Waals surface area contributed by atoms with Gasteiger partial charge in [-0.05, 0) is 24.3 Å². The van der Waals surface area contributed by atoms with Crippen molar-refractivity contribution in [1.82, 2.24) is 0 Å². The van der Waals surface area contributed by atoms with Gasteiger partial charge in [-0.3, -0.25) is 0 Å². The fraction of sp³-hybridized carbons (Fsp3) is 0.800. The van der Waals surface area contributed by atoms with Gasteiger partial charge in [-0.15, -0.1) is 11.3 Å². The smallest absolute Gasteiger partial charge is 0.0104 e. The Morgan fingerprint density at radius 3 is 1.86 bits per heavy atom. The average molecular weight is 309 g/mol. The minimum atomic E-state index is 0.437. The molecular weight excluding hydrogens is 272 g/mol. The van der Waals surface area contributed by atoms with Gasteiger partial charge in [-0.25, -0.2) is 0 Å². The molecule has 0 bridgehead atoms. The predicted molar refractivity (Wildman–Crippen MR) is 98.4 cm³/mol. The van der Waals surface area contributed by atoms with Crippen molar-refractivity contribution in [3.8, 4) is 0 Å². The van der Waals surface area contributed by atoms with Crippen LogP contribution < -0.4 is 0 Å². The summed E-state index contributed by atoms with van der Waals surface area (Å²) in [6.07, 6.45) is 16.8. The summed E-state index contributed by atoms with van der Waals surface area (Å²) in [4.78, 5) is 1.62. The fourth-order valence-corrected chi connectivity index (χ4v) is 4.18. The van der Waals surface area contributed by atoms with Crippen molar-refractivity contribution in [3.05, 3.63) is 22.4 Å². The van der Waals surface area contributed by atoms with Crippen molar-refractivity contribution in [3.63, 3.8) is 0 Å². The molecule has 0 nitrogen and oxygen atoms in total. The van der Waals surface area contributed by atoms with Crippen molar-refractivity contribution in [2.45, 2.75) is 103 Å². The zero-order valence-corrected chi connectivity index (χ0v) is 15.4. The quantitative estimate of drug-likeness (QED) is 0.327. The van der Waals surface area contributed by atoms with Crippen molar-refractivity contribution >= 4 is 11.3 Å². The van der Waals surface area contributed by atoms with E-state index in [1.54, 1.807) is 4.88 Å². The molecule has 0 aromatic carbocycles. The van der Waals surface area contributed by atoms with Crippen LogP contribution in [0.3, 0.4) is 0 Å². The molecule has 0 N–H and O–H groups in total. The first-order valence-electron chi connectivity index (χ1n) is 9.27. The van der Waals surface area contributed by atoms with E-state index in [-0.39, 0.29) is 0 Å². The van der Waals surface area contributed by atoms with Crippen molar-refractivity contribution in [2.24, 2.45) is 0 Å². The van der Waals surface area contributed by atoms with Gasteiger partial charge in [0.05, 0.1) is 0 Å². The van der Waals surface area contributed by atoms with Crippen LogP contribution in [0.15, 0.2) is 17.5 Å². The average Bonchev–Trinajstić information content (AvgIpc) is 3.02. The molecule has 1 aromatic heterocycles. The van der Waals surface area contributed by atoms with E-state index < -0.39 is 0 Å². The van der Waals surface area contributed by atoms with E-state index in [1.807, 2.05) is 11.3 Å². The largest absolute Gasteiger partial charge is 0.148 e. The normalized spacial score (nSPS) is 14.2. The number of hydrogen-bond donors (Lipinski definition) is 0. The summed E-state index contributed by atoms with van der Waals surface area (Å²) in [6.45, 7) is 7.11. The van der Waals surface area contributed by atoms with E-state index in [2.05, 4.69) is 38.3 Å². The van der Waals surface area contributed by atoms with Crippen LogP contribution in [0.5, 0.6) is 0 Å². The van der Waals surface area contributed by atoms with Crippen LogP contribution in [0.4, 0.5) is 0 Å². The van der Waals surface area contributed by atoms with E-state index in [0.29, 0.717) is 5.41 Å². The number of thiophene rings is 1. The summed E-state index contributed by atoms with van der Waals surface area (Å²) in [6, 6.07) is 4.59. The first-order chi connectivity index (χ1) is 10.2. The van der Waals surface area contributed by atoms with Crippen LogP contribution >= 0.6 is 11.3 Å². The molecule has 1 aromatic rings. The van der Waals surface area contributed by atoms with E-state index in [1.165, 1.54) is 77.0 Å². The number of hydrogen-bond acceptors (Lipinski definition) is 1. The zero-order chi connectivity index (χ0) is 15.4. The second-order valence-electron chi connectivity index (χ2n) is 6.87. The Hall–Kier alpha value is -0.300. The van der Waals surface area contributed by atoms with Crippen LogP contribution in [0.1, 0.15) is 103 Å². The van der Waals surface area contributed by atoms with Crippen molar-refractivity contribution in [2.75, 3.05) is 0 Å². The fourth-order valence-electron chi connectivity index (χ4n) is 3.23. The minimum Gasteiger partial charge on any atom is -0.148 e. The molecular formula is C20H36S. The van der Waals surface area contributed by atoms with E-state index in [4.69, 9.17) is 0 Å². The van der Waals surface area contributed by atoms with Crippen molar-refractivity contribution in [1.29, 1.82) is 0 Å². The van der Waals surface area contributed by atoms with Crippen LogP contribution in [0.25, 0.3) is 0 Å². The highest BCUT2D eigenvalue weighted by Crippen LogP contribution is 2.37. The molecule has 0 aliphatic carbocycles. The monoisotopic (exact) mass is 308 g/mol. The minimum absolute atomic E-state index is 0.437. The first-order valence-corrected chi connectivity index (χ1v) is 10.1. The van der Waals surface area contributed by atoms with E-state index in [0.717, 1.165) is 0 Å². The zero-order valence-electron chi connectivity index (χ0n) is 14.6. The molecule has 0 saturated heterocycles. The lowest BCUT2D eigenvalue weighted by atomic mass is 9.78.